The van der Waals surface area contributed by atoms with Crippen molar-refractivity contribution in [2.24, 2.45) is 10.7 Å². The van der Waals surface area contributed by atoms with Crippen molar-refractivity contribution in [3.8, 4) is 11.3 Å². The number of hydrogen-bond acceptors (Lipinski definition) is 2. The van der Waals surface area contributed by atoms with Gasteiger partial charge in [-0.15, -0.1) is 0 Å². The Morgan fingerprint density at radius 3 is 2.40 bits per heavy atom. The fourth-order valence-electron chi connectivity index (χ4n) is 2.49. The highest BCUT2D eigenvalue weighted by Crippen LogP contribution is 2.31. The molecule has 0 unspecified atom stereocenters. The third-order valence-electron chi connectivity index (χ3n) is 3.53. The van der Waals surface area contributed by atoms with E-state index in [0.29, 0.717) is 22.9 Å². The zero-order valence-electron chi connectivity index (χ0n) is 13.1. The molecule has 3 rings (SSSR count). The molecule has 1 aromatic heterocycles. The predicted molar refractivity (Wildman–Crippen MR) is 88.7 cm³/mol. The van der Waals surface area contributed by atoms with Crippen LogP contribution in [0.5, 0.6) is 0 Å². The largest absolute Gasteiger partial charge is 0.387 e. The first-order chi connectivity index (χ1) is 11.9. The van der Waals surface area contributed by atoms with E-state index in [-0.39, 0.29) is 17.1 Å². The van der Waals surface area contributed by atoms with Crippen LogP contribution in [0.2, 0.25) is 0 Å². The van der Waals surface area contributed by atoms with E-state index >= 15 is 0 Å². The average molecular weight is 343 g/mol. The van der Waals surface area contributed by atoms with Gasteiger partial charge in [0.05, 0.1) is 11.3 Å². The molecule has 0 spiro atoms. The highest BCUT2D eigenvalue weighted by molar-refractivity contribution is 6.06. The molecule has 1 amide bonds. The highest BCUT2D eigenvalue weighted by Gasteiger charge is 2.18. The van der Waals surface area contributed by atoms with Crippen LogP contribution in [-0.4, -0.2) is 16.7 Å². The van der Waals surface area contributed by atoms with Crippen molar-refractivity contribution in [1.29, 1.82) is 0 Å². The summed E-state index contributed by atoms with van der Waals surface area (Å²) in [4.78, 5) is 19.7. The Morgan fingerprint density at radius 1 is 1.08 bits per heavy atom. The van der Waals surface area contributed by atoms with Gasteiger partial charge < -0.3 is 5.73 Å². The van der Waals surface area contributed by atoms with Crippen LogP contribution >= 0.6 is 0 Å². The lowest BCUT2D eigenvalue weighted by molar-refractivity contribution is 0.100. The first-order valence-corrected chi connectivity index (χ1v) is 7.25. The number of amides is 1. The predicted octanol–water partition coefficient (Wildman–Crippen LogP) is 3.84. The molecule has 3 aromatic rings. The molecule has 0 aliphatic carbocycles. The average Bonchev–Trinajstić information content (AvgIpc) is 2.53. The van der Waals surface area contributed by atoms with E-state index in [0.717, 1.165) is 0 Å². The Morgan fingerprint density at radius 2 is 1.76 bits per heavy atom. The SMILES string of the molecule is C/C(N)=N\C(=O)c1ccc2ccnc(-c3c(F)cc(F)cc3F)c2c1. The van der Waals surface area contributed by atoms with Crippen LogP contribution in [0.15, 0.2) is 47.6 Å². The van der Waals surface area contributed by atoms with Crippen molar-refractivity contribution in [3.63, 3.8) is 0 Å². The van der Waals surface area contributed by atoms with Gasteiger partial charge in [0.1, 0.15) is 23.3 Å². The second-order valence-electron chi connectivity index (χ2n) is 5.40. The Balaban J connectivity index is 2.27. The maximum atomic E-state index is 14.1. The lowest BCUT2D eigenvalue weighted by Gasteiger charge is -2.09. The van der Waals surface area contributed by atoms with Crippen molar-refractivity contribution < 1.29 is 18.0 Å². The topological polar surface area (TPSA) is 68.3 Å². The fourth-order valence-corrected chi connectivity index (χ4v) is 2.49. The third kappa shape index (κ3) is 3.21. The Hall–Kier alpha value is -3.22. The normalized spacial score (nSPS) is 11.8. The molecule has 0 radical (unpaired) electrons. The molecule has 0 aliphatic heterocycles. The number of halogens is 3. The van der Waals surface area contributed by atoms with Gasteiger partial charge in [-0.1, -0.05) is 6.07 Å². The molecule has 4 nitrogen and oxygen atoms in total. The third-order valence-corrected chi connectivity index (χ3v) is 3.53. The highest BCUT2D eigenvalue weighted by atomic mass is 19.1. The zero-order chi connectivity index (χ0) is 18.1. The number of benzene rings is 2. The summed E-state index contributed by atoms with van der Waals surface area (Å²) in [6.45, 7) is 1.47. The van der Waals surface area contributed by atoms with Crippen molar-refractivity contribution in [1.82, 2.24) is 4.98 Å². The summed E-state index contributed by atoms with van der Waals surface area (Å²) < 4.78 is 41.4. The molecule has 25 heavy (non-hydrogen) atoms. The molecule has 1 heterocycles. The van der Waals surface area contributed by atoms with Gasteiger partial charge in [0.2, 0.25) is 0 Å². The van der Waals surface area contributed by atoms with Crippen molar-refractivity contribution >= 4 is 22.5 Å². The van der Waals surface area contributed by atoms with E-state index in [1.54, 1.807) is 12.1 Å². The Kier molecular flexibility index (Phi) is 4.22. The number of nitrogens with two attached hydrogens (primary N) is 1. The summed E-state index contributed by atoms with van der Waals surface area (Å²) in [6, 6.07) is 7.34. The molecule has 0 bridgehead atoms. The van der Waals surface area contributed by atoms with Gasteiger partial charge in [0.25, 0.3) is 5.91 Å². The second kappa shape index (κ2) is 6.35. The Bertz CT molecular complexity index is 1000. The molecule has 2 N–H and O–H groups in total. The van der Waals surface area contributed by atoms with Crippen molar-refractivity contribution in [2.75, 3.05) is 0 Å². The van der Waals surface area contributed by atoms with Crippen LogP contribution in [0.3, 0.4) is 0 Å². The fraction of sp³-hybridized carbons (Fsp3) is 0.0556. The first kappa shape index (κ1) is 16.6. The Labute approximate surface area is 140 Å². The van der Waals surface area contributed by atoms with Crippen molar-refractivity contribution in [2.45, 2.75) is 6.92 Å². The number of hydrogen-bond donors (Lipinski definition) is 1. The molecule has 0 fully saturated rings. The molecule has 0 saturated heterocycles. The van der Waals surface area contributed by atoms with Gasteiger partial charge in [0.15, 0.2) is 0 Å². The van der Waals surface area contributed by atoms with Crippen LogP contribution in [0, 0.1) is 17.5 Å². The minimum atomic E-state index is -1.08. The van der Waals surface area contributed by atoms with Gasteiger partial charge in [-0.25, -0.2) is 13.2 Å². The number of rotatable bonds is 2. The summed E-state index contributed by atoms with van der Waals surface area (Å²) in [6.07, 6.45) is 1.38. The number of carbonyl (C=O) groups is 1. The quantitative estimate of drug-likeness (QED) is 0.568. The molecule has 2 aromatic carbocycles. The van der Waals surface area contributed by atoms with Crippen molar-refractivity contribution in [3.05, 3.63) is 65.6 Å². The zero-order valence-corrected chi connectivity index (χ0v) is 13.1. The number of aromatic nitrogens is 1. The summed E-state index contributed by atoms with van der Waals surface area (Å²) >= 11 is 0. The maximum absolute atomic E-state index is 14.1. The van der Waals surface area contributed by atoms with E-state index in [4.69, 9.17) is 5.73 Å². The standard InChI is InChI=1S/C18H12F3N3O/c1-9(22)24-18(25)11-3-2-10-4-5-23-17(13(10)6-11)16-14(20)7-12(19)8-15(16)21/h2-8H,1H3,(H2,22,24,25). The first-order valence-electron chi connectivity index (χ1n) is 7.25. The van der Waals surface area contributed by atoms with Gasteiger partial charge in [-0.2, -0.15) is 4.99 Å². The number of aliphatic imine (C=N–C) groups is 1. The van der Waals surface area contributed by atoms with E-state index < -0.39 is 28.9 Å². The number of carbonyl (C=O) groups excluding carboxylic acids is 1. The number of fused-ring (bicyclic) bond motifs is 1. The van der Waals surface area contributed by atoms with E-state index in [1.165, 1.54) is 25.3 Å². The minimum absolute atomic E-state index is 0.0319. The number of pyridine rings is 1. The molecule has 7 heteroatoms. The lowest BCUT2D eigenvalue weighted by atomic mass is 10.0. The van der Waals surface area contributed by atoms with E-state index in [1.807, 2.05) is 0 Å². The number of amidine groups is 1. The molecule has 0 atom stereocenters. The summed E-state index contributed by atoms with van der Waals surface area (Å²) in [5, 5.41) is 0.945. The molecular formula is C18H12F3N3O. The summed E-state index contributed by atoms with van der Waals surface area (Å²) in [5.41, 5.74) is 5.09. The van der Waals surface area contributed by atoms with Crippen LogP contribution in [-0.2, 0) is 0 Å². The van der Waals surface area contributed by atoms with Gasteiger partial charge >= 0.3 is 0 Å². The summed E-state index contributed by atoms with van der Waals surface area (Å²) in [7, 11) is 0. The van der Waals surface area contributed by atoms with E-state index in [2.05, 4.69) is 9.98 Å². The molecule has 0 saturated carbocycles. The maximum Gasteiger partial charge on any atom is 0.278 e. The van der Waals surface area contributed by atoms with Gasteiger partial charge in [-0.3, -0.25) is 9.78 Å². The molecular weight excluding hydrogens is 331 g/mol. The van der Waals surface area contributed by atoms with Crippen LogP contribution in [0.4, 0.5) is 13.2 Å². The van der Waals surface area contributed by atoms with E-state index in [9.17, 15) is 18.0 Å². The van der Waals surface area contributed by atoms with Gasteiger partial charge in [0, 0.05) is 29.3 Å². The van der Waals surface area contributed by atoms with Crippen LogP contribution in [0.1, 0.15) is 17.3 Å². The van der Waals surface area contributed by atoms with Crippen LogP contribution < -0.4 is 5.73 Å². The minimum Gasteiger partial charge on any atom is -0.387 e. The molecule has 0 aliphatic rings. The second-order valence-corrected chi connectivity index (χ2v) is 5.40. The van der Waals surface area contributed by atoms with Crippen LogP contribution in [0.25, 0.3) is 22.0 Å². The van der Waals surface area contributed by atoms with Gasteiger partial charge in [-0.05, 0) is 30.5 Å². The monoisotopic (exact) mass is 343 g/mol. The summed E-state index contributed by atoms with van der Waals surface area (Å²) in [5.74, 6) is -3.68. The number of nitrogens with zero attached hydrogens (tertiary/aromatic N) is 2. The molecule has 126 valence electrons. The smallest absolute Gasteiger partial charge is 0.278 e. The lowest BCUT2D eigenvalue weighted by Crippen LogP contribution is -2.09.